The summed E-state index contributed by atoms with van der Waals surface area (Å²) in [5, 5.41) is 21.5. The fourth-order valence-electron chi connectivity index (χ4n) is 1.91. The molecule has 20 heavy (non-hydrogen) atoms. The number of rotatable bonds is 4. The molecule has 0 heterocycles. The second-order valence-electron chi connectivity index (χ2n) is 4.36. The smallest absolute Gasteiger partial charge is 0.255 e. The van der Waals surface area contributed by atoms with Crippen LogP contribution in [0.2, 0.25) is 0 Å². The number of carbonyl (C=O) groups excluding carboxylic acids is 1. The molecule has 0 aliphatic carbocycles. The van der Waals surface area contributed by atoms with Gasteiger partial charge < -0.3 is 21.3 Å². The molecule has 2 aromatic rings. The third kappa shape index (κ3) is 3.07. The normalized spacial score (nSPS) is 10.2. The van der Waals surface area contributed by atoms with Gasteiger partial charge in [-0.15, -0.1) is 0 Å². The van der Waals surface area contributed by atoms with Crippen LogP contribution in [0.3, 0.4) is 0 Å². The van der Waals surface area contributed by atoms with Crippen LogP contribution in [-0.2, 0) is 13.1 Å². The molecule has 5 heteroatoms. The highest BCUT2D eigenvalue weighted by atomic mass is 16.3. The van der Waals surface area contributed by atoms with E-state index in [0.717, 1.165) is 17.2 Å². The van der Waals surface area contributed by atoms with Gasteiger partial charge in [-0.25, -0.2) is 0 Å². The van der Waals surface area contributed by atoms with Gasteiger partial charge in [0, 0.05) is 19.2 Å². The number of benzene rings is 2. The Hall–Kier alpha value is -2.53. The standard InChI is InChI=1S/C15H16N2O3/c16-8-10-3-1-2-4-11(10)9-17-15(20)13-6-5-12(18)7-14(13)19/h1-7,18-19H,8-9,16H2,(H,17,20). The minimum Gasteiger partial charge on any atom is -0.508 e. The van der Waals surface area contributed by atoms with Crippen molar-refractivity contribution < 1.29 is 15.0 Å². The molecule has 0 aliphatic rings. The third-order valence-electron chi connectivity index (χ3n) is 3.00. The summed E-state index contributed by atoms with van der Waals surface area (Å²) in [5.74, 6) is -0.753. The van der Waals surface area contributed by atoms with Crippen molar-refractivity contribution >= 4 is 5.91 Å². The van der Waals surface area contributed by atoms with Crippen molar-refractivity contribution in [3.8, 4) is 11.5 Å². The number of nitrogens with one attached hydrogen (secondary N) is 1. The van der Waals surface area contributed by atoms with E-state index in [0.29, 0.717) is 13.1 Å². The number of carbonyl (C=O) groups is 1. The summed E-state index contributed by atoms with van der Waals surface area (Å²) in [5.41, 5.74) is 7.64. The van der Waals surface area contributed by atoms with Crippen LogP contribution in [0.4, 0.5) is 0 Å². The molecule has 1 amide bonds. The summed E-state index contributed by atoms with van der Waals surface area (Å²) in [7, 11) is 0. The lowest BCUT2D eigenvalue weighted by atomic mass is 10.1. The molecule has 5 nitrogen and oxygen atoms in total. The molecule has 0 bridgehead atoms. The molecule has 5 N–H and O–H groups in total. The zero-order valence-corrected chi connectivity index (χ0v) is 10.8. The van der Waals surface area contributed by atoms with Gasteiger partial charge in [-0.2, -0.15) is 0 Å². The van der Waals surface area contributed by atoms with Crippen LogP contribution in [0, 0.1) is 0 Å². The van der Waals surface area contributed by atoms with Gasteiger partial charge in [0.15, 0.2) is 0 Å². The van der Waals surface area contributed by atoms with Crippen LogP contribution in [0.1, 0.15) is 21.5 Å². The lowest BCUT2D eigenvalue weighted by molar-refractivity contribution is 0.0948. The molecule has 0 radical (unpaired) electrons. The van der Waals surface area contributed by atoms with E-state index < -0.39 is 5.91 Å². The predicted octanol–water partition coefficient (Wildman–Crippen LogP) is 1.49. The molecule has 0 saturated carbocycles. The van der Waals surface area contributed by atoms with Crippen molar-refractivity contribution in [2.45, 2.75) is 13.1 Å². The van der Waals surface area contributed by atoms with E-state index in [1.54, 1.807) is 0 Å². The summed E-state index contributed by atoms with van der Waals surface area (Å²) in [6.45, 7) is 0.725. The minimum atomic E-state index is -0.408. The first-order valence-corrected chi connectivity index (χ1v) is 6.19. The van der Waals surface area contributed by atoms with Crippen LogP contribution in [0.25, 0.3) is 0 Å². The van der Waals surface area contributed by atoms with Crippen LogP contribution in [-0.4, -0.2) is 16.1 Å². The fraction of sp³-hybridized carbons (Fsp3) is 0.133. The predicted molar refractivity (Wildman–Crippen MR) is 75.3 cm³/mol. The quantitative estimate of drug-likeness (QED) is 0.678. The molecule has 2 rings (SSSR count). The van der Waals surface area contributed by atoms with E-state index in [1.807, 2.05) is 24.3 Å². The molecule has 2 aromatic carbocycles. The SMILES string of the molecule is NCc1ccccc1CNC(=O)c1ccc(O)cc1O. The van der Waals surface area contributed by atoms with Crippen LogP contribution < -0.4 is 11.1 Å². The monoisotopic (exact) mass is 272 g/mol. The number of phenolic OH excluding ortho intramolecular Hbond substituents is 2. The summed E-state index contributed by atoms with van der Waals surface area (Å²) < 4.78 is 0. The lowest BCUT2D eigenvalue weighted by Gasteiger charge is -2.10. The van der Waals surface area contributed by atoms with Crippen LogP contribution in [0.15, 0.2) is 42.5 Å². The molecular weight excluding hydrogens is 256 g/mol. The Balaban J connectivity index is 2.09. The topological polar surface area (TPSA) is 95.6 Å². The molecule has 0 spiro atoms. The van der Waals surface area contributed by atoms with Crippen molar-refractivity contribution in [2.75, 3.05) is 0 Å². The Kier molecular flexibility index (Phi) is 4.22. The van der Waals surface area contributed by atoms with Gasteiger partial charge in [0.05, 0.1) is 5.56 Å². The highest BCUT2D eigenvalue weighted by Gasteiger charge is 2.11. The molecule has 0 aliphatic heterocycles. The van der Waals surface area contributed by atoms with E-state index in [4.69, 9.17) is 5.73 Å². The number of aromatic hydroxyl groups is 2. The number of hydrogen-bond acceptors (Lipinski definition) is 4. The summed E-state index contributed by atoms with van der Waals surface area (Å²) in [6.07, 6.45) is 0. The second kappa shape index (κ2) is 6.08. The Morgan fingerprint density at radius 2 is 1.80 bits per heavy atom. The molecule has 104 valence electrons. The van der Waals surface area contributed by atoms with Gasteiger partial charge in [0.1, 0.15) is 11.5 Å². The number of amides is 1. The van der Waals surface area contributed by atoms with Crippen molar-refractivity contribution in [3.05, 3.63) is 59.2 Å². The Morgan fingerprint density at radius 1 is 1.10 bits per heavy atom. The Bertz CT molecular complexity index is 626. The van der Waals surface area contributed by atoms with E-state index in [9.17, 15) is 15.0 Å². The van der Waals surface area contributed by atoms with Crippen molar-refractivity contribution in [1.29, 1.82) is 0 Å². The number of hydrogen-bond donors (Lipinski definition) is 4. The van der Waals surface area contributed by atoms with Crippen molar-refractivity contribution in [1.82, 2.24) is 5.32 Å². The van der Waals surface area contributed by atoms with Gasteiger partial charge in [0.25, 0.3) is 5.91 Å². The average molecular weight is 272 g/mol. The van der Waals surface area contributed by atoms with E-state index in [-0.39, 0.29) is 17.1 Å². The van der Waals surface area contributed by atoms with Crippen molar-refractivity contribution in [2.24, 2.45) is 5.73 Å². The highest BCUT2D eigenvalue weighted by Crippen LogP contribution is 2.22. The van der Waals surface area contributed by atoms with Gasteiger partial charge >= 0.3 is 0 Å². The van der Waals surface area contributed by atoms with E-state index >= 15 is 0 Å². The van der Waals surface area contributed by atoms with Gasteiger partial charge in [-0.1, -0.05) is 24.3 Å². The number of phenols is 2. The molecule has 0 aromatic heterocycles. The third-order valence-corrected chi connectivity index (χ3v) is 3.00. The maximum Gasteiger partial charge on any atom is 0.255 e. The highest BCUT2D eigenvalue weighted by molar-refractivity contribution is 5.96. The molecule has 0 atom stereocenters. The zero-order chi connectivity index (χ0) is 14.5. The molecular formula is C15H16N2O3. The van der Waals surface area contributed by atoms with Gasteiger partial charge in [-0.3, -0.25) is 4.79 Å². The minimum absolute atomic E-state index is 0.0903. The van der Waals surface area contributed by atoms with E-state index in [1.165, 1.54) is 12.1 Å². The van der Waals surface area contributed by atoms with Gasteiger partial charge in [0.2, 0.25) is 0 Å². The summed E-state index contributed by atoms with van der Waals surface area (Å²) in [4.78, 5) is 12.0. The van der Waals surface area contributed by atoms with Crippen molar-refractivity contribution in [3.63, 3.8) is 0 Å². The average Bonchev–Trinajstić information content (AvgIpc) is 2.45. The first-order valence-electron chi connectivity index (χ1n) is 6.19. The van der Waals surface area contributed by atoms with Crippen LogP contribution >= 0.6 is 0 Å². The zero-order valence-electron chi connectivity index (χ0n) is 10.8. The summed E-state index contributed by atoms with van der Waals surface area (Å²) >= 11 is 0. The maximum absolute atomic E-state index is 12.0. The second-order valence-corrected chi connectivity index (χ2v) is 4.36. The maximum atomic E-state index is 12.0. The molecule has 0 unspecified atom stereocenters. The first-order chi connectivity index (χ1) is 9.61. The molecule has 0 saturated heterocycles. The summed E-state index contributed by atoms with van der Waals surface area (Å²) in [6, 6.07) is 11.4. The fourth-order valence-corrected chi connectivity index (χ4v) is 1.91. The first kappa shape index (κ1) is 13.9. The van der Waals surface area contributed by atoms with Crippen LogP contribution in [0.5, 0.6) is 11.5 Å². The lowest BCUT2D eigenvalue weighted by Crippen LogP contribution is -2.23. The Morgan fingerprint density at radius 3 is 2.45 bits per heavy atom. The van der Waals surface area contributed by atoms with E-state index in [2.05, 4.69) is 5.32 Å². The van der Waals surface area contributed by atoms with Gasteiger partial charge in [-0.05, 0) is 23.3 Å². The Labute approximate surface area is 116 Å². The largest absolute Gasteiger partial charge is 0.508 e. The number of nitrogens with two attached hydrogens (primary N) is 1. The molecule has 0 fully saturated rings.